The van der Waals surface area contributed by atoms with Crippen molar-refractivity contribution in [1.82, 2.24) is 9.78 Å². The Kier molecular flexibility index (Phi) is 3.82. The minimum absolute atomic E-state index is 0.480. The highest BCUT2D eigenvalue weighted by Crippen LogP contribution is 2.19. The molecule has 0 bridgehead atoms. The van der Waals surface area contributed by atoms with Gasteiger partial charge in [0, 0.05) is 24.7 Å². The van der Waals surface area contributed by atoms with E-state index in [0.29, 0.717) is 6.42 Å². The quantitative estimate of drug-likeness (QED) is 0.898. The van der Waals surface area contributed by atoms with Crippen LogP contribution < -0.4 is 0 Å². The second-order valence-corrected chi connectivity index (χ2v) is 4.85. The van der Waals surface area contributed by atoms with E-state index < -0.39 is 6.10 Å². The highest BCUT2D eigenvalue weighted by atomic mass is 16.3. The van der Waals surface area contributed by atoms with Gasteiger partial charge in [-0.2, -0.15) is 5.10 Å². The Balaban J connectivity index is 2.12. The molecule has 2 rings (SSSR count). The topological polar surface area (TPSA) is 38.0 Å². The molecule has 0 spiro atoms. The van der Waals surface area contributed by atoms with Gasteiger partial charge in [-0.1, -0.05) is 29.3 Å². The first-order valence-electron chi connectivity index (χ1n) is 6.36. The van der Waals surface area contributed by atoms with Crippen LogP contribution in [0.15, 0.2) is 30.6 Å². The van der Waals surface area contributed by atoms with Crippen LogP contribution in [0.4, 0.5) is 0 Å². The maximum atomic E-state index is 10.2. The molecule has 96 valence electrons. The molecule has 0 saturated heterocycles. The molecule has 1 aromatic carbocycles. The number of benzene rings is 1. The smallest absolute Gasteiger partial charge is 0.0860 e. The molecule has 0 amide bonds. The van der Waals surface area contributed by atoms with E-state index in [9.17, 15) is 5.11 Å². The number of hydrogen-bond acceptors (Lipinski definition) is 2. The third kappa shape index (κ3) is 2.99. The van der Waals surface area contributed by atoms with Gasteiger partial charge in [-0.3, -0.25) is 4.68 Å². The summed E-state index contributed by atoms with van der Waals surface area (Å²) in [4.78, 5) is 0. The van der Waals surface area contributed by atoms with Crippen molar-refractivity contribution in [1.29, 1.82) is 0 Å². The zero-order valence-corrected chi connectivity index (χ0v) is 11.2. The van der Waals surface area contributed by atoms with E-state index in [1.807, 2.05) is 17.8 Å². The number of aromatic nitrogens is 2. The molecule has 0 aliphatic heterocycles. The minimum atomic E-state index is -0.480. The number of nitrogens with zero attached hydrogens (tertiary/aromatic N) is 2. The first-order valence-corrected chi connectivity index (χ1v) is 6.36. The molecule has 3 nitrogen and oxygen atoms in total. The summed E-state index contributed by atoms with van der Waals surface area (Å²) in [5, 5.41) is 14.4. The SMILES string of the molecule is CCn1cc(C(O)Cc2cc(C)cc(C)c2)cn1. The first-order chi connectivity index (χ1) is 8.58. The number of aliphatic hydroxyl groups excluding tert-OH is 1. The fraction of sp³-hybridized carbons (Fsp3) is 0.400. The molecule has 1 unspecified atom stereocenters. The maximum absolute atomic E-state index is 10.2. The molecule has 1 atom stereocenters. The van der Waals surface area contributed by atoms with Gasteiger partial charge in [0.15, 0.2) is 0 Å². The molecule has 2 aromatic rings. The van der Waals surface area contributed by atoms with E-state index in [2.05, 4.69) is 37.1 Å². The lowest BCUT2D eigenvalue weighted by Gasteiger charge is -2.10. The van der Waals surface area contributed by atoms with Crippen LogP contribution >= 0.6 is 0 Å². The van der Waals surface area contributed by atoms with Crippen molar-refractivity contribution in [2.75, 3.05) is 0 Å². The Bertz CT molecular complexity index is 511. The van der Waals surface area contributed by atoms with Crippen molar-refractivity contribution >= 4 is 0 Å². The van der Waals surface area contributed by atoms with E-state index in [1.54, 1.807) is 6.20 Å². The zero-order valence-electron chi connectivity index (χ0n) is 11.2. The van der Waals surface area contributed by atoms with Crippen LogP contribution in [0.5, 0.6) is 0 Å². The monoisotopic (exact) mass is 244 g/mol. The largest absolute Gasteiger partial charge is 0.388 e. The normalized spacial score (nSPS) is 12.7. The van der Waals surface area contributed by atoms with Gasteiger partial charge in [0.2, 0.25) is 0 Å². The molecule has 0 aliphatic carbocycles. The van der Waals surface area contributed by atoms with Crippen LogP contribution in [0.1, 0.15) is 35.3 Å². The van der Waals surface area contributed by atoms with Gasteiger partial charge in [0.05, 0.1) is 12.3 Å². The zero-order chi connectivity index (χ0) is 13.1. The van der Waals surface area contributed by atoms with Gasteiger partial charge in [-0.25, -0.2) is 0 Å². The lowest BCUT2D eigenvalue weighted by Crippen LogP contribution is -2.01. The van der Waals surface area contributed by atoms with E-state index in [1.165, 1.54) is 16.7 Å². The van der Waals surface area contributed by atoms with Crippen LogP contribution in [0.25, 0.3) is 0 Å². The molecule has 0 fully saturated rings. The van der Waals surface area contributed by atoms with Gasteiger partial charge in [0.1, 0.15) is 0 Å². The second kappa shape index (κ2) is 5.36. The molecule has 18 heavy (non-hydrogen) atoms. The van der Waals surface area contributed by atoms with Gasteiger partial charge in [-0.05, 0) is 26.3 Å². The molecular weight excluding hydrogens is 224 g/mol. The van der Waals surface area contributed by atoms with Crippen molar-refractivity contribution in [2.24, 2.45) is 0 Å². The molecule has 1 aromatic heterocycles. The third-order valence-electron chi connectivity index (χ3n) is 3.07. The van der Waals surface area contributed by atoms with Crippen LogP contribution in [-0.4, -0.2) is 14.9 Å². The average Bonchev–Trinajstić information content (AvgIpc) is 2.75. The van der Waals surface area contributed by atoms with Gasteiger partial charge in [-0.15, -0.1) is 0 Å². The maximum Gasteiger partial charge on any atom is 0.0860 e. The molecule has 0 saturated carbocycles. The predicted molar refractivity (Wildman–Crippen MR) is 72.5 cm³/mol. The lowest BCUT2D eigenvalue weighted by atomic mass is 10.0. The van der Waals surface area contributed by atoms with E-state index >= 15 is 0 Å². The van der Waals surface area contributed by atoms with Crippen molar-refractivity contribution in [3.8, 4) is 0 Å². The summed E-state index contributed by atoms with van der Waals surface area (Å²) in [6.45, 7) is 7.03. The summed E-state index contributed by atoms with van der Waals surface area (Å²) in [6, 6.07) is 6.39. The number of aliphatic hydroxyl groups is 1. The first kappa shape index (κ1) is 12.8. The fourth-order valence-corrected chi connectivity index (χ4v) is 2.25. The van der Waals surface area contributed by atoms with Crippen molar-refractivity contribution in [3.63, 3.8) is 0 Å². The molecule has 0 aliphatic rings. The highest BCUT2D eigenvalue weighted by Gasteiger charge is 2.11. The van der Waals surface area contributed by atoms with E-state index in [-0.39, 0.29) is 0 Å². The van der Waals surface area contributed by atoms with Gasteiger partial charge >= 0.3 is 0 Å². The van der Waals surface area contributed by atoms with Crippen molar-refractivity contribution < 1.29 is 5.11 Å². The molecule has 0 radical (unpaired) electrons. The number of rotatable bonds is 4. The average molecular weight is 244 g/mol. The third-order valence-corrected chi connectivity index (χ3v) is 3.07. The van der Waals surface area contributed by atoms with E-state index in [0.717, 1.165) is 12.1 Å². The predicted octanol–water partition coefficient (Wildman–Crippen LogP) is 2.80. The van der Waals surface area contributed by atoms with Crippen LogP contribution in [0.2, 0.25) is 0 Å². The summed E-state index contributed by atoms with van der Waals surface area (Å²) >= 11 is 0. The molecular formula is C15H20N2O. The summed E-state index contributed by atoms with van der Waals surface area (Å²) < 4.78 is 1.83. The Morgan fingerprint density at radius 2 is 1.89 bits per heavy atom. The molecule has 1 heterocycles. The van der Waals surface area contributed by atoms with Crippen LogP contribution in [0.3, 0.4) is 0 Å². The highest BCUT2D eigenvalue weighted by molar-refractivity contribution is 5.29. The Labute approximate surface area is 108 Å². The Hall–Kier alpha value is -1.61. The Morgan fingerprint density at radius 3 is 2.44 bits per heavy atom. The second-order valence-electron chi connectivity index (χ2n) is 4.85. The van der Waals surface area contributed by atoms with Crippen molar-refractivity contribution in [2.45, 2.75) is 39.8 Å². The summed E-state index contributed by atoms with van der Waals surface area (Å²) in [5.74, 6) is 0. The number of hydrogen-bond donors (Lipinski definition) is 1. The minimum Gasteiger partial charge on any atom is -0.388 e. The van der Waals surface area contributed by atoms with Crippen molar-refractivity contribution in [3.05, 3.63) is 52.8 Å². The summed E-state index contributed by atoms with van der Waals surface area (Å²) in [5.41, 5.74) is 4.53. The van der Waals surface area contributed by atoms with Crippen LogP contribution in [-0.2, 0) is 13.0 Å². The van der Waals surface area contributed by atoms with Gasteiger partial charge < -0.3 is 5.11 Å². The summed E-state index contributed by atoms with van der Waals surface area (Å²) in [7, 11) is 0. The molecule has 1 N–H and O–H groups in total. The van der Waals surface area contributed by atoms with Gasteiger partial charge in [0.25, 0.3) is 0 Å². The fourth-order valence-electron chi connectivity index (χ4n) is 2.25. The summed E-state index contributed by atoms with van der Waals surface area (Å²) in [6.07, 6.45) is 3.81. The van der Waals surface area contributed by atoms with Crippen LogP contribution in [0, 0.1) is 13.8 Å². The van der Waals surface area contributed by atoms with E-state index in [4.69, 9.17) is 0 Å². The lowest BCUT2D eigenvalue weighted by molar-refractivity contribution is 0.178. The standard InChI is InChI=1S/C15H20N2O/c1-4-17-10-14(9-16-17)15(18)8-13-6-11(2)5-12(3)7-13/h5-7,9-10,15,18H,4,8H2,1-3H3. The molecule has 3 heteroatoms. The number of aryl methyl sites for hydroxylation is 3. The Morgan fingerprint density at radius 1 is 1.22 bits per heavy atom.